The molecule has 128 valence electrons. The molecule has 1 aliphatic rings. The smallest absolute Gasteiger partial charge is 0.363 e. The Morgan fingerprint density at radius 2 is 1.72 bits per heavy atom. The standard InChI is InChI=1S/C20H17Cl2NO2/c1-20(2,3)13-6-4-12(5-7-13)10-17-19(24)25-18(23-17)15-9-8-14(21)11-16(15)22/h4-11H,1-3H3/b17-10-. The lowest BCUT2D eigenvalue weighted by Crippen LogP contribution is -2.10. The fourth-order valence-corrected chi connectivity index (χ4v) is 2.91. The van der Waals surface area contributed by atoms with Gasteiger partial charge in [-0.25, -0.2) is 9.79 Å². The minimum absolute atomic E-state index is 0.0780. The first-order valence-corrected chi connectivity index (χ1v) is 8.58. The molecule has 0 fully saturated rings. The second-order valence-electron chi connectivity index (χ2n) is 6.83. The normalized spacial score (nSPS) is 16.1. The first-order chi connectivity index (χ1) is 11.7. The Balaban J connectivity index is 1.90. The summed E-state index contributed by atoms with van der Waals surface area (Å²) in [6.45, 7) is 6.46. The topological polar surface area (TPSA) is 38.7 Å². The van der Waals surface area contributed by atoms with E-state index in [-0.39, 0.29) is 17.0 Å². The Labute approximate surface area is 156 Å². The fraction of sp³-hybridized carbons (Fsp3) is 0.200. The summed E-state index contributed by atoms with van der Waals surface area (Å²) in [6.07, 6.45) is 1.70. The van der Waals surface area contributed by atoms with E-state index in [1.165, 1.54) is 5.56 Å². The maximum atomic E-state index is 12.1. The molecule has 0 unspecified atom stereocenters. The maximum absolute atomic E-state index is 12.1. The number of benzene rings is 2. The van der Waals surface area contributed by atoms with Crippen molar-refractivity contribution in [1.82, 2.24) is 0 Å². The third kappa shape index (κ3) is 3.94. The van der Waals surface area contributed by atoms with E-state index in [9.17, 15) is 4.79 Å². The van der Waals surface area contributed by atoms with E-state index < -0.39 is 5.97 Å². The van der Waals surface area contributed by atoms with Gasteiger partial charge in [0.1, 0.15) is 0 Å². The molecule has 0 atom stereocenters. The first-order valence-electron chi connectivity index (χ1n) is 7.82. The van der Waals surface area contributed by atoms with Crippen LogP contribution in [0.15, 0.2) is 53.2 Å². The molecule has 0 N–H and O–H groups in total. The molecule has 0 bridgehead atoms. The van der Waals surface area contributed by atoms with Crippen molar-refractivity contribution in [2.24, 2.45) is 4.99 Å². The number of hydrogen-bond donors (Lipinski definition) is 0. The molecule has 0 aliphatic carbocycles. The Bertz CT molecular complexity index is 891. The monoisotopic (exact) mass is 373 g/mol. The SMILES string of the molecule is CC(C)(C)c1ccc(/C=C2\N=C(c3ccc(Cl)cc3Cl)OC2=O)cc1. The third-order valence-corrected chi connectivity index (χ3v) is 4.41. The highest BCUT2D eigenvalue weighted by atomic mass is 35.5. The van der Waals surface area contributed by atoms with Gasteiger partial charge in [-0.2, -0.15) is 0 Å². The lowest BCUT2D eigenvalue weighted by Gasteiger charge is -2.18. The molecule has 0 saturated heterocycles. The van der Waals surface area contributed by atoms with E-state index in [2.05, 4.69) is 25.8 Å². The molecular formula is C20H17Cl2NO2. The van der Waals surface area contributed by atoms with E-state index in [1.54, 1.807) is 24.3 Å². The van der Waals surface area contributed by atoms with Crippen molar-refractivity contribution in [1.29, 1.82) is 0 Å². The van der Waals surface area contributed by atoms with E-state index in [0.29, 0.717) is 15.6 Å². The van der Waals surface area contributed by atoms with Gasteiger partial charge in [0.2, 0.25) is 5.90 Å². The third-order valence-electron chi connectivity index (χ3n) is 3.86. The van der Waals surface area contributed by atoms with Crippen molar-refractivity contribution in [2.45, 2.75) is 26.2 Å². The Morgan fingerprint density at radius 3 is 2.32 bits per heavy atom. The minimum atomic E-state index is -0.499. The molecule has 2 aromatic rings. The van der Waals surface area contributed by atoms with Crippen LogP contribution < -0.4 is 0 Å². The van der Waals surface area contributed by atoms with E-state index in [4.69, 9.17) is 27.9 Å². The van der Waals surface area contributed by atoms with Crippen molar-refractivity contribution in [3.05, 3.63) is 74.9 Å². The van der Waals surface area contributed by atoms with Crippen molar-refractivity contribution >= 4 is 41.1 Å². The van der Waals surface area contributed by atoms with Crippen LogP contribution in [0.2, 0.25) is 10.0 Å². The van der Waals surface area contributed by atoms with Gasteiger partial charge < -0.3 is 4.74 Å². The first kappa shape index (κ1) is 17.7. The molecule has 2 aromatic carbocycles. The van der Waals surface area contributed by atoms with Crippen LogP contribution in [0.1, 0.15) is 37.5 Å². The lowest BCUT2D eigenvalue weighted by atomic mass is 9.87. The highest BCUT2D eigenvalue weighted by Crippen LogP contribution is 2.27. The number of nitrogens with zero attached hydrogens (tertiary/aromatic N) is 1. The average molecular weight is 374 g/mol. The van der Waals surface area contributed by atoms with Gasteiger partial charge in [-0.05, 0) is 40.8 Å². The van der Waals surface area contributed by atoms with Crippen molar-refractivity contribution < 1.29 is 9.53 Å². The second kappa shape index (κ2) is 6.66. The lowest BCUT2D eigenvalue weighted by molar-refractivity contribution is -0.129. The predicted octanol–water partition coefficient (Wildman–Crippen LogP) is 5.64. The van der Waals surface area contributed by atoms with Crippen LogP contribution >= 0.6 is 23.2 Å². The zero-order valence-corrected chi connectivity index (χ0v) is 15.7. The molecule has 25 heavy (non-hydrogen) atoms. The number of aliphatic imine (C=N–C) groups is 1. The molecule has 0 spiro atoms. The number of rotatable bonds is 2. The van der Waals surface area contributed by atoms with Gasteiger partial charge in [0, 0.05) is 5.02 Å². The fourth-order valence-electron chi connectivity index (χ4n) is 2.42. The summed E-state index contributed by atoms with van der Waals surface area (Å²) in [6, 6.07) is 13.0. The van der Waals surface area contributed by atoms with Crippen LogP contribution in [0.25, 0.3) is 6.08 Å². The molecule has 3 rings (SSSR count). The molecule has 0 radical (unpaired) electrons. The van der Waals surface area contributed by atoms with Gasteiger partial charge in [-0.1, -0.05) is 68.2 Å². The summed E-state index contributed by atoms with van der Waals surface area (Å²) in [5, 5.41) is 0.892. The molecule has 5 heteroatoms. The molecule has 0 aromatic heterocycles. The van der Waals surface area contributed by atoms with Crippen LogP contribution in [0.5, 0.6) is 0 Å². The summed E-state index contributed by atoms with van der Waals surface area (Å²) < 4.78 is 5.25. The second-order valence-corrected chi connectivity index (χ2v) is 7.68. The van der Waals surface area contributed by atoms with Gasteiger partial charge >= 0.3 is 5.97 Å². The molecule has 1 heterocycles. The van der Waals surface area contributed by atoms with E-state index in [1.807, 2.05) is 24.3 Å². The van der Waals surface area contributed by atoms with Gasteiger partial charge in [0.05, 0.1) is 10.6 Å². The van der Waals surface area contributed by atoms with Gasteiger partial charge in [0.25, 0.3) is 0 Å². The van der Waals surface area contributed by atoms with E-state index >= 15 is 0 Å². The highest BCUT2D eigenvalue weighted by molar-refractivity contribution is 6.37. The quantitative estimate of drug-likeness (QED) is 0.504. The molecule has 0 saturated carbocycles. The van der Waals surface area contributed by atoms with Crippen molar-refractivity contribution in [3.63, 3.8) is 0 Å². The van der Waals surface area contributed by atoms with Crippen LogP contribution in [-0.2, 0) is 14.9 Å². The van der Waals surface area contributed by atoms with Gasteiger partial charge in [-0.3, -0.25) is 0 Å². The summed E-state index contributed by atoms with van der Waals surface area (Å²) in [5.41, 5.74) is 2.96. The zero-order chi connectivity index (χ0) is 18.2. The largest absolute Gasteiger partial charge is 0.402 e. The molecule has 0 amide bonds. The Hall–Kier alpha value is -2.10. The Kier molecular flexibility index (Phi) is 4.72. The summed E-state index contributed by atoms with van der Waals surface area (Å²) >= 11 is 12.0. The number of hydrogen-bond acceptors (Lipinski definition) is 3. The van der Waals surface area contributed by atoms with Crippen LogP contribution in [0.3, 0.4) is 0 Å². The molecule has 3 nitrogen and oxygen atoms in total. The summed E-state index contributed by atoms with van der Waals surface area (Å²) in [7, 11) is 0. The van der Waals surface area contributed by atoms with Crippen LogP contribution in [-0.4, -0.2) is 11.9 Å². The Morgan fingerprint density at radius 1 is 1.04 bits per heavy atom. The molecular weight excluding hydrogens is 357 g/mol. The maximum Gasteiger partial charge on any atom is 0.363 e. The molecule has 1 aliphatic heterocycles. The summed E-state index contributed by atoms with van der Waals surface area (Å²) in [5.74, 6) is -0.315. The van der Waals surface area contributed by atoms with Crippen LogP contribution in [0.4, 0.5) is 0 Å². The average Bonchev–Trinajstić information content (AvgIpc) is 2.87. The van der Waals surface area contributed by atoms with Crippen LogP contribution in [0, 0.1) is 0 Å². The summed E-state index contributed by atoms with van der Waals surface area (Å²) in [4.78, 5) is 16.4. The number of halogens is 2. The predicted molar refractivity (Wildman–Crippen MR) is 102 cm³/mol. The van der Waals surface area contributed by atoms with Gasteiger partial charge in [-0.15, -0.1) is 0 Å². The van der Waals surface area contributed by atoms with Crippen molar-refractivity contribution in [2.75, 3.05) is 0 Å². The highest BCUT2D eigenvalue weighted by Gasteiger charge is 2.25. The van der Waals surface area contributed by atoms with E-state index in [0.717, 1.165) is 5.56 Å². The number of carbonyl (C=O) groups excluding carboxylic acids is 1. The number of ether oxygens (including phenoxy) is 1. The number of esters is 1. The number of carbonyl (C=O) groups is 1. The minimum Gasteiger partial charge on any atom is -0.402 e. The van der Waals surface area contributed by atoms with Crippen molar-refractivity contribution in [3.8, 4) is 0 Å². The zero-order valence-electron chi connectivity index (χ0n) is 14.1. The van der Waals surface area contributed by atoms with Gasteiger partial charge in [0.15, 0.2) is 5.70 Å². The number of cyclic esters (lactones) is 1.